The van der Waals surface area contributed by atoms with Crippen LogP contribution in [0.3, 0.4) is 0 Å². The molecule has 0 aliphatic rings. The van der Waals surface area contributed by atoms with Crippen LogP contribution < -0.4 is 15.4 Å². The third-order valence-corrected chi connectivity index (χ3v) is 3.14. The molecular formula is C16H24N2O4. The van der Waals surface area contributed by atoms with Crippen molar-refractivity contribution in [1.29, 1.82) is 0 Å². The third kappa shape index (κ3) is 6.24. The van der Waals surface area contributed by atoms with E-state index in [2.05, 4.69) is 10.6 Å². The summed E-state index contributed by atoms with van der Waals surface area (Å²) >= 11 is 0. The fraction of sp³-hybridized carbons (Fsp3) is 0.500. The van der Waals surface area contributed by atoms with E-state index in [-0.39, 0.29) is 18.1 Å². The average molecular weight is 308 g/mol. The number of carbonyl (C=O) groups is 2. The Bertz CT molecular complexity index is 503. The molecule has 6 nitrogen and oxygen atoms in total. The molecule has 0 unspecified atom stereocenters. The summed E-state index contributed by atoms with van der Waals surface area (Å²) in [7, 11) is 3.19. The summed E-state index contributed by atoms with van der Waals surface area (Å²) in [5.41, 5.74) is 1.28. The van der Waals surface area contributed by atoms with Crippen LogP contribution in [0.15, 0.2) is 18.2 Å². The number of nitrogens with one attached hydrogen (secondary N) is 2. The van der Waals surface area contributed by atoms with Gasteiger partial charge in [0.1, 0.15) is 5.75 Å². The van der Waals surface area contributed by atoms with Crippen LogP contribution >= 0.6 is 0 Å². The van der Waals surface area contributed by atoms with Gasteiger partial charge in [-0.1, -0.05) is 0 Å². The smallest absolute Gasteiger partial charge is 0.224 e. The summed E-state index contributed by atoms with van der Waals surface area (Å²) in [5, 5.41) is 5.97. The number of methoxy groups -OCH3 is 2. The lowest BCUT2D eigenvalue weighted by molar-refractivity contribution is -0.120. The van der Waals surface area contributed by atoms with Gasteiger partial charge in [0.2, 0.25) is 5.91 Å². The molecule has 1 aromatic carbocycles. The monoisotopic (exact) mass is 308 g/mol. The number of ketones is 1. The second-order valence-corrected chi connectivity index (χ2v) is 4.85. The minimum Gasteiger partial charge on any atom is -0.496 e. The van der Waals surface area contributed by atoms with E-state index in [1.165, 1.54) is 6.92 Å². The molecule has 0 saturated carbocycles. The molecule has 0 heterocycles. The van der Waals surface area contributed by atoms with E-state index in [0.29, 0.717) is 36.6 Å². The number of hydrogen-bond acceptors (Lipinski definition) is 5. The second kappa shape index (κ2) is 9.92. The minimum atomic E-state index is -0.104. The zero-order valence-corrected chi connectivity index (χ0v) is 13.4. The first-order valence-electron chi connectivity index (χ1n) is 7.22. The Morgan fingerprint density at radius 1 is 1.14 bits per heavy atom. The molecule has 0 atom stereocenters. The van der Waals surface area contributed by atoms with Crippen molar-refractivity contribution in [3.63, 3.8) is 0 Å². The Balaban J connectivity index is 2.49. The zero-order valence-electron chi connectivity index (χ0n) is 13.4. The summed E-state index contributed by atoms with van der Waals surface area (Å²) < 4.78 is 10.1. The van der Waals surface area contributed by atoms with Gasteiger partial charge in [0.25, 0.3) is 0 Å². The van der Waals surface area contributed by atoms with Gasteiger partial charge in [-0.3, -0.25) is 9.59 Å². The Hall–Kier alpha value is -1.92. The quantitative estimate of drug-likeness (QED) is 0.494. The van der Waals surface area contributed by atoms with Gasteiger partial charge in [-0.15, -0.1) is 0 Å². The van der Waals surface area contributed by atoms with Crippen LogP contribution in [-0.4, -0.2) is 52.2 Å². The summed E-state index contributed by atoms with van der Waals surface area (Å²) in [6.07, 6.45) is 0.183. The molecule has 0 aromatic heterocycles. The maximum Gasteiger partial charge on any atom is 0.224 e. The standard InChI is InChI=1S/C16H24N2O4/c1-12(19)13-4-5-15(22-3)14(10-13)11-16(20)18-7-6-17-8-9-21-2/h4-5,10,17H,6-9,11H2,1-3H3,(H,18,20). The van der Waals surface area contributed by atoms with E-state index in [0.717, 1.165) is 6.54 Å². The number of amides is 1. The van der Waals surface area contributed by atoms with Crippen molar-refractivity contribution in [2.75, 3.05) is 40.5 Å². The highest BCUT2D eigenvalue weighted by molar-refractivity contribution is 5.94. The minimum absolute atomic E-state index is 0.0355. The lowest BCUT2D eigenvalue weighted by Gasteiger charge is -2.11. The fourth-order valence-electron chi connectivity index (χ4n) is 1.96. The van der Waals surface area contributed by atoms with E-state index in [9.17, 15) is 9.59 Å². The second-order valence-electron chi connectivity index (χ2n) is 4.85. The van der Waals surface area contributed by atoms with Crippen LogP contribution in [0.2, 0.25) is 0 Å². The maximum absolute atomic E-state index is 11.9. The lowest BCUT2D eigenvalue weighted by atomic mass is 10.0. The lowest BCUT2D eigenvalue weighted by Crippen LogP contribution is -2.33. The zero-order chi connectivity index (χ0) is 16.4. The van der Waals surface area contributed by atoms with E-state index in [4.69, 9.17) is 9.47 Å². The summed E-state index contributed by atoms with van der Waals surface area (Å²) in [6, 6.07) is 5.12. The van der Waals surface area contributed by atoms with E-state index in [1.54, 1.807) is 32.4 Å². The van der Waals surface area contributed by atoms with Gasteiger partial charge in [0, 0.05) is 37.9 Å². The van der Waals surface area contributed by atoms with Crippen molar-refractivity contribution in [2.24, 2.45) is 0 Å². The van der Waals surface area contributed by atoms with Crippen LogP contribution in [0.4, 0.5) is 0 Å². The molecule has 1 rings (SSSR count). The Morgan fingerprint density at radius 2 is 1.91 bits per heavy atom. The highest BCUT2D eigenvalue weighted by Crippen LogP contribution is 2.20. The van der Waals surface area contributed by atoms with E-state index < -0.39 is 0 Å². The van der Waals surface area contributed by atoms with Crippen molar-refractivity contribution in [3.8, 4) is 5.75 Å². The molecule has 2 N–H and O–H groups in total. The summed E-state index contributed by atoms with van der Waals surface area (Å²) in [4.78, 5) is 23.4. The number of ether oxygens (including phenoxy) is 2. The molecule has 0 bridgehead atoms. The third-order valence-electron chi connectivity index (χ3n) is 3.14. The van der Waals surface area contributed by atoms with Crippen molar-refractivity contribution in [3.05, 3.63) is 29.3 Å². The first-order chi connectivity index (χ1) is 10.6. The molecule has 0 radical (unpaired) electrons. The molecule has 0 aliphatic carbocycles. The Kier molecular flexibility index (Phi) is 8.17. The molecular weight excluding hydrogens is 284 g/mol. The van der Waals surface area contributed by atoms with Crippen molar-refractivity contribution >= 4 is 11.7 Å². The summed E-state index contributed by atoms with van der Waals surface area (Å²) in [5.74, 6) is 0.470. The topological polar surface area (TPSA) is 76.7 Å². The van der Waals surface area contributed by atoms with Gasteiger partial charge in [-0.05, 0) is 25.1 Å². The fourth-order valence-corrected chi connectivity index (χ4v) is 1.96. The number of carbonyl (C=O) groups excluding carboxylic acids is 2. The SMILES string of the molecule is COCCNCCNC(=O)Cc1cc(C(C)=O)ccc1OC. The molecule has 0 fully saturated rings. The first-order valence-corrected chi connectivity index (χ1v) is 7.22. The van der Waals surface area contributed by atoms with Crippen molar-refractivity contribution in [2.45, 2.75) is 13.3 Å². The molecule has 22 heavy (non-hydrogen) atoms. The molecule has 1 aromatic rings. The molecule has 122 valence electrons. The maximum atomic E-state index is 11.9. The summed E-state index contributed by atoms with van der Waals surface area (Å²) in [6.45, 7) is 4.11. The number of benzene rings is 1. The predicted octanol–water partition coefficient (Wildman–Crippen LogP) is 0.793. The van der Waals surface area contributed by atoms with Crippen molar-refractivity contribution < 1.29 is 19.1 Å². The number of hydrogen-bond donors (Lipinski definition) is 2. The number of rotatable bonds is 10. The highest BCUT2D eigenvalue weighted by atomic mass is 16.5. The predicted molar refractivity (Wildman–Crippen MR) is 84.5 cm³/mol. The highest BCUT2D eigenvalue weighted by Gasteiger charge is 2.11. The van der Waals surface area contributed by atoms with Gasteiger partial charge in [0.05, 0.1) is 20.1 Å². The van der Waals surface area contributed by atoms with Gasteiger partial charge < -0.3 is 20.1 Å². The normalized spacial score (nSPS) is 10.3. The van der Waals surface area contributed by atoms with E-state index >= 15 is 0 Å². The average Bonchev–Trinajstić information content (AvgIpc) is 2.50. The van der Waals surface area contributed by atoms with Crippen LogP contribution in [-0.2, 0) is 16.0 Å². The van der Waals surface area contributed by atoms with Gasteiger partial charge in [-0.2, -0.15) is 0 Å². The van der Waals surface area contributed by atoms with Gasteiger partial charge >= 0.3 is 0 Å². The number of Topliss-reactive ketones (excluding diaryl/α,β-unsaturated/α-hetero) is 1. The molecule has 0 aliphatic heterocycles. The van der Waals surface area contributed by atoms with Crippen LogP contribution in [0.25, 0.3) is 0 Å². The largest absolute Gasteiger partial charge is 0.496 e. The Morgan fingerprint density at radius 3 is 2.55 bits per heavy atom. The van der Waals surface area contributed by atoms with Gasteiger partial charge in [-0.25, -0.2) is 0 Å². The molecule has 0 saturated heterocycles. The van der Waals surface area contributed by atoms with Crippen LogP contribution in [0.5, 0.6) is 5.75 Å². The van der Waals surface area contributed by atoms with Crippen LogP contribution in [0.1, 0.15) is 22.8 Å². The van der Waals surface area contributed by atoms with Crippen molar-refractivity contribution in [1.82, 2.24) is 10.6 Å². The van der Waals surface area contributed by atoms with Gasteiger partial charge in [0.15, 0.2) is 5.78 Å². The molecule has 1 amide bonds. The molecule has 0 spiro atoms. The van der Waals surface area contributed by atoms with E-state index in [1.807, 2.05) is 0 Å². The molecule has 6 heteroatoms. The Labute approximate surface area is 131 Å². The first kappa shape index (κ1) is 18.1. The van der Waals surface area contributed by atoms with Crippen LogP contribution in [0, 0.1) is 0 Å².